The Bertz CT molecular complexity index is 476. The predicted molar refractivity (Wildman–Crippen MR) is 77.3 cm³/mol. The quantitative estimate of drug-likeness (QED) is 0.802. The van der Waals surface area contributed by atoms with Gasteiger partial charge in [-0.2, -0.15) is 0 Å². The van der Waals surface area contributed by atoms with E-state index in [-0.39, 0.29) is 11.4 Å². The molecule has 0 atom stereocenters. The molecule has 0 spiro atoms. The Morgan fingerprint density at radius 2 is 2.22 bits per heavy atom. The molecule has 3 nitrogen and oxygen atoms in total. The van der Waals surface area contributed by atoms with E-state index in [0.29, 0.717) is 30.2 Å². The van der Waals surface area contributed by atoms with Gasteiger partial charge in [0.25, 0.3) is 5.91 Å². The van der Waals surface area contributed by atoms with Crippen molar-refractivity contribution in [2.75, 3.05) is 19.8 Å². The van der Waals surface area contributed by atoms with Gasteiger partial charge in [-0.15, -0.1) is 12.6 Å². The summed E-state index contributed by atoms with van der Waals surface area (Å²) in [5, 5.41) is 0. The first kappa shape index (κ1) is 13.9. The third kappa shape index (κ3) is 2.73. The van der Waals surface area contributed by atoms with Crippen LogP contribution in [0.25, 0.3) is 0 Å². The van der Waals surface area contributed by atoms with Crippen LogP contribution in [-0.2, 0) is 4.74 Å². The van der Waals surface area contributed by atoms with Crippen molar-refractivity contribution >= 4 is 34.5 Å². The second kappa shape index (κ2) is 5.23. The van der Waals surface area contributed by atoms with Crippen LogP contribution < -0.4 is 0 Å². The molecule has 5 heteroatoms. The van der Waals surface area contributed by atoms with E-state index in [1.807, 2.05) is 30.9 Å². The molecule has 1 fully saturated rings. The van der Waals surface area contributed by atoms with E-state index >= 15 is 0 Å². The summed E-state index contributed by atoms with van der Waals surface area (Å²) < 4.78 is 6.35. The summed E-state index contributed by atoms with van der Waals surface area (Å²) in [4.78, 5) is 15.1. The van der Waals surface area contributed by atoms with Crippen LogP contribution in [-0.4, -0.2) is 36.1 Å². The highest BCUT2D eigenvalue weighted by molar-refractivity contribution is 9.10. The SMILES string of the molecule is CC1(C)COCCN1C(=O)c1ccc(Br)cc1S. The maximum atomic E-state index is 12.6. The van der Waals surface area contributed by atoms with E-state index in [4.69, 9.17) is 4.74 Å². The molecule has 2 rings (SSSR count). The standard InChI is InChI=1S/C13H16BrNO2S/c1-13(2)8-17-6-5-15(13)12(16)10-4-3-9(14)7-11(10)18/h3-4,7,18H,5-6,8H2,1-2H3. The van der Waals surface area contributed by atoms with Crippen molar-refractivity contribution in [2.24, 2.45) is 0 Å². The minimum Gasteiger partial charge on any atom is -0.377 e. The minimum absolute atomic E-state index is 0.0146. The summed E-state index contributed by atoms with van der Waals surface area (Å²) in [5.41, 5.74) is 0.360. The molecule has 0 bridgehead atoms. The van der Waals surface area contributed by atoms with Crippen molar-refractivity contribution in [3.63, 3.8) is 0 Å². The fraction of sp³-hybridized carbons (Fsp3) is 0.462. The number of nitrogens with zero attached hydrogens (tertiary/aromatic N) is 1. The van der Waals surface area contributed by atoms with Crippen molar-refractivity contribution in [3.8, 4) is 0 Å². The summed E-state index contributed by atoms with van der Waals surface area (Å²) >= 11 is 7.74. The third-order valence-electron chi connectivity index (χ3n) is 3.08. The van der Waals surface area contributed by atoms with E-state index in [9.17, 15) is 4.79 Å². The molecule has 1 aromatic carbocycles. The predicted octanol–water partition coefficient (Wildman–Crippen LogP) is 2.99. The van der Waals surface area contributed by atoms with E-state index in [2.05, 4.69) is 28.6 Å². The number of morpholine rings is 1. The Labute approximate surface area is 121 Å². The fourth-order valence-electron chi connectivity index (χ4n) is 2.07. The highest BCUT2D eigenvalue weighted by atomic mass is 79.9. The summed E-state index contributed by atoms with van der Waals surface area (Å²) in [6.45, 7) is 5.81. The van der Waals surface area contributed by atoms with E-state index in [1.165, 1.54) is 0 Å². The van der Waals surface area contributed by atoms with Crippen molar-refractivity contribution in [2.45, 2.75) is 24.3 Å². The number of ether oxygens (including phenoxy) is 1. The Kier molecular flexibility index (Phi) is 4.04. The normalized spacial score (nSPS) is 18.8. The zero-order valence-electron chi connectivity index (χ0n) is 10.4. The van der Waals surface area contributed by atoms with Gasteiger partial charge < -0.3 is 9.64 Å². The van der Waals surface area contributed by atoms with Crippen LogP contribution in [0.5, 0.6) is 0 Å². The van der Waals surface area contributed by atoms with Gasteiger partial charge in [-0.05, 0) is 32.0 Å². The summed E-state index contributed by atoms with van der Waals surface area (Å²) in [6.07, 6.45) is 0. The lowest BCUT2D eigenvalue weighted by atomic mass is 10.0. The molecule has 1 aromatic rings. The van der Waals surface area contributed by atoms with Gasteiger partial charge in [0, 0.05) is 15.9 Å². The second-order valence-electron chi connectivity index (χ2n) is 4.98. The molecule has 98 valence electrons. The first-order valence-corrected chi connectivity index (χ1v) is 7.04. The van der Waals surface area contributed by atoms with Gasteiger partial charge in [-0.25, -0.2) is 0 Å². The molecule has 18 heavy (non-hydrogen) atoms. The van der Waals surface area contributed by atoms with E-state index in [1.54, 1.807) is 6.07 Å². The molecule has 0 saturated carbocycles. The van der Waals surface area contributed by atoms with Gasteiger partial charge in [0.15, 0.2) is 0 Å². The minimum atomic E-state index is -0.275. The maximum absolute atomic E-state index is 12.6. The number of hydrogen-bond acceptors (Lipinski definition) is 3. The van der Waals surface area contributed by atoms with E-state index < -0.39 is 0 Å². The van der Waals surface area contributed by atoms with E-state index in [0.717, 1.165) is 4.47 Å². The molecule has 1 saturated heterocycles. The average molecular weight is 330 g/mol. The summed E-state index contributed by atoms with van der Waals surface area (Å²) in [5.74, 6) is 0.0146. The summed E-state index contributed by atoms with van der Waals surface area (Å²) in [7, 11) is 0. The first-order valence-electron chi connectivity index (χ1n) is 5.80. The Balaban J connectivity index is 2.30. The number of hydrogen-bond donors (Lipinski definition) is 1. The summed E-state index contributed by atoms with van der Waals surface area (Å²) in [6, 6.07) is 5.50. The van der Waals surface area contributed by atoms with Gasteiger partial charge in [0.05, 0.1) is 24.3 Å². The number of carbonyl (C=O) groups excluding carboxylic acids is 1. The van der Waals surface area contributed by atoms with Gasteiger partial charge in [0.2, 0.25) is 0 Å². The molecular formula is C13H16BrNO2S. The van der Waals surface area contributed by atoms with Gasteiger partial charge in [0.1, 0.15) is 0 Å². The topological polar surface area (TPSA) is 29.5 Å². The average Bonchev–Trinajstić information content (AvgIpc) is 2.27. The molecule has 0 aromatic heterocycles. The lowest BCUT2D eigenvalue weighted by Gasteiger charge is -2.42. The number of rotatable bonds is 1. The number of benzene rings is 1. The third-order valence-corrected chi connectivity index (χ3v) is 3.94. The lowest BCUT2D eigenvalue weighted by Crippen LogP contribution is -2.55. The molecule has 0 N–H and O–H groups in total. The molecule has 1 aliphatic rings. The van der Waals surface area contributed by atoms with Crippen LogP contribution in [0, 0.1) is 0 Å². The number of halogens is 1. The molecule has 0 aliphatic carbocycles. The number of thiol groups is 1. The molecule has 1 heterocycles. The van der Waals surface area contributed by atoms with Crippen LogP contribution in [0.3, 0.4) is 0 Å². The lowest BCUT2D eigenvalue weighted by molar-refractivity contribution is -0.0372. The molecule has 0 radical (unpaired) electrons. The van der Waals surface area contributed by atoms with Crippen LogP contribution >= 0.6 is 28.6 Å². The highest BCUT2D eigenvalue weighted by Gasteiger charge is 2.35. The van der Waals surface area contributed by atoms with Crippen molar-refractivity contribution in [1.82, 2.24) is 4.90 Å². The Morgan fingerprint density at radius 1 is 1.50 bits per heavy atom. The first-order chi connectivity index (χ1) is 8.42. The van der Waals surface area contributed by atoms with Crippen molar-refractivity contribution in [3.05, 3.63) is 28.2 Å². The maximum Gasteiger partial charge on any atom is 0.255 e. The van der Waals surface area contributed by atoms with Crippen molar-refractivity contribution in [1.29, 1.82) is 0 Å². The van der Waals surface area contributed by atoms with Gasteiger partial charge in [-0.1, -0.05) is 15.9 Å². The van der Waals surface area contributed by atoms with Crippen LogP contribution in [0.4, 0.5) is 0 Å². The van der Waals surface area contributed by atoms with Gasteiger partial charge in [-0.3, -0.25) is 4.79 Å². The molecular weight excluding hydrogens is 314 g/mol. The monoisotopic (exact) mass is 329 g/mol. The van der Waals surface area contributed by atoms with Gasteiger partial charge >= 0.3 is 0 Å². The highest BCUT2D eigenvalue weighted by Crippen LogP contribution is 2.26. The van der Waals surface area contributed by atoms with Crippen LogP contribution in [0.15, 0.2) is 27.6 Å². The Morgan fingerprint density at radius 3 is 2.83 bits per heavy atom. The van der Waals surface area contributed by atoms with Crippen LogP contribution in [0.1, 0.15) is 24.2 Å². The van der Waals surface area contributed by atoms with Crippen molar-refractivity contribution < 1.29 is 9.53 Å². The molecule has 1 amide bonds. The van der Waals surface area contributed by atoms with Crippen LogP contribution in [0.2, 0.25) is 0 Å². The fourth-order valence-corrected chi connectivity index (χ4v) is 2.91. The Hall–Kier alpha value is -0.520. The smallest absolute Gasteiger partial charge is 0.255 e. The number of carbonyl (C=O) groups is 1. The molecule has 1 aliphatic heterocycles. The zero-order valence-corrected chi connectivity index (χ0v) is 12.9. The molecule has 0 unspecified atom stereocenters. The largest absolute Gasteiger partial charge is 0.377 e. The second-order valence-corrected chi connectivity index (χ2v) is 6.38. The number of amides is 1. The zero-order chi connectivity index (χ0) is 13.3.